The van der Waals surface area contributed by atoms with Crippen molar-refractivity contribution in [1.29, 1.82) is 0 Å². The molecule has 4 rings (SSSR count). The minimum atomic E-state index is -0.732. The third-order valence-corrected chi connectivity index (χ3v) is 6.66. The highest BCUT2D eigenvalue weighted by molar-refractivity contribution is 7.07. The van der Waals surface area contributed by atoms with Crippen LogP contribution in [-0.2, 0) is 14.3 Å². The van der Waals surface area contributed by atoms with Crippen LogP contribution in [0.5, 0.6) is 5.75 Å². The maximum Gasteiger partial charge on any atom is 0.338 e. The van der Waals surface area contributed by atoms with E-state index in [0.29, 0.717) is 31.9 Å². The third kappa shape index (κ3) is 5.01. The van der Waals surface area contributed by atoms with E-state index in [9.17, 15) is 14.4 Å². The van der Waals surface area contributed by atoms with E-state index in [1.807, 2.05) is 49.3 Å². The topological polar surface area (TPSA) is 90.2 Å². The molecule has 2 heterocycles. The number of benzene rings is 2. The van der Waals surface area contributed by atoms with Gasteiger partial charge in [-0.15, -0.1) is 0 Å². The van der Waals surface area contributed by atoms with Crippen molar-refractivity contribution in [3.8, 4) is 5.75 Å². The van der Waals surface area contributed by atoms with Crippen LogP contribution in [0.25, 0.3) is 6.08 Å². The molecule has 2 aromatic carbocycles. The second-order valence-electron chi connectivity index (χ2n) is 8.45. The summed E-state index contributed by atoms with van der Waals surface area (Å²) in [5, 5.41) is 0. The number of anilines is 1. The number of allylic oxidation sites excluding steroid dienone is 1. The largest absolute Gasteiger partial charge is 0.463 e. The number of nitrogens with zero attached hydrogens (tertiary/aromatic N) is 3. The van der Waals surface area contributed by atoms with Gasteiger partial charge in [-0.1, -0.05) is 35.6 Å². The molecule has 0 saturated heterocycles. The second-order valence-corrected chi connectivity index (χ2v) is 9.46. The van der Waals surface area contributed by atoms with Crippen LogP contribution in [0.15, 0.2) is 69.6 Å². The van der Waals surface area contributed by atoms with Crippen LogP contribution >= 0.6 is 11.3 Å². The maximum atomic E-state index is 13.7. The fourth-order valence-corrected chi connectivity index (χ4v) is 5.06. The SMILES string of the molecule is CCOC(=O)C1=C(C)N=c2sc(=Cc3ccc(N(C)C)cc3)c(=O)n2[C@H]1c1ccc(OC(C)=O)cc1. The summed E-state index contributed by atoms with van der Waals surface area (Å²) < 4.78 is 12.5. The molecular formula is C27H27N3O5S. The Morgan fingerprint density at radius 1 is 1.11 bits per heavy atom. The summed E-state index contributed by atoms with van der Waals surface area (Å²) in [6.07, 6.45) is 1.83. The van der Waals surface area contributed by atoms with Gasteiger partial charge >= 0.3 is 11.9 Å². The Morgan fingerprint density at radius 2 is 1.78 bits per heavy atom. The highest BCUT2D eigenvalue weighted by Crippen LogP contribution is 2.31. The van der Waals surface area contributed by atoms with Gasteiger partial charge in [0.15, 0.2) is 4.80 Å². The Kier molecular flexibility index (Phi) is 7.21. The van der Waals surface area contributed by atoms with E-state index in [-0.39, 0.29) is 12.2 Å². The first-order chi connectivity index (χ1) is 17.2. The van der Waals surface area contributed by atoms with Gasteiger partial charge in [-0.05, 0) is 55.3 Å². The monoisotopic (exact) mass is 505 g/mol. The first-order valence-corrected chi connectivity index (χ1v) is 12.3. The number of carbonyl (C=O) groups excluding carboxylic acids is 2. The van der Waals surface area contributed by atoms with Gasteiger partial charge in [0.05, 0.1) is 28.5 Å². The Hall–Kier alpha value is -3.98. The van der Waals surface area contributed by atoms with Crippen molar-refractivity contribution in [2.24, 2.45) is 4.99 Å². The molecule has 0 aliphatic carbocycles. The molecule has 0 radical (unpaired) electrons. The number of ether oxygens (including phenoxy) is 2. The average Bonchev–Trinajstić information content (AvgIpc) is 3.13. The number of thiazole rings is 1. The van der Waals surface area contributed by atoms with E-state index in [0.717, 1.165) is 11.3 Å². The van der Waals surface area contributed by atoms with Gasteiger partial charge in [-0.25, -0.2) is 9.79 Å². The zero-order valence-electron chi connectivity index (χ0n) is 20.8. The lowest BCUT2D eigenvalue weighted by Crippen LogP contribution is -2.39. The van der Waals surface area contributed by atoms with Crippen LogP contribution in [0.1, 0.15) is 37.9 Å². The van der Waals surface area contributed by atoms with Gasteiger partial charge in [0.2, 0.25) is 0 Å². The van der Waals surface area contributed by atoms with E-state index in [2.05, 4.69) is 4.99 Å². The van der Waals surface area contributed by atoms with Crippen molar-refractivity contribution in [2.45, 2.75) is 26.8 Å². The first-order valence-electron chi connectivity index (χ1n) is 11.4. The minimum absolute atomic E-state index is 0.196. The predicted octanol–water partition coefficient (Wildman–Crippen LogP) is 2.79. The lowest BCUT2D eigenvalue weighted by molar-refractivity contribution is -0.139. The third-order valence-electron chi connectivity index (χ3n) is 5.68. The number of hydrogen-bond donors (Lipinski definition) is 0. The van der Waals surface area contributed by atoms with Gasteiger partial charge in [0, 0.05) is 26.7 Å². The average molecular weight is 506 g/mol. The van der Waals surface area contributed by atoms with Crippen molar-refractivity contribution < 1.29 is 19.1 Å². The Morgan fingerprint density at radius 3 is 2.36 bits per heavy atom. The molecule has 8 nitrogen and oxygen atoms in total. The molecule has 1 aliphatic rings. The van der Waals surface area contributed by atoms with Gasteiger partial charge in [0.1, 0.15) is 5.75 Å². The summed E-state index contributed by atoms with van der Waals surface area (Å²) in [5.74, 6) is -0.586. The summed E-state index contributed by atoms with van der Waals surface area (Å²) in [5.41, 5.74) is 3.15. The summed E-state index contributed by atoms with van der Waals surface area (Å²) in [7, 11) is 3.94. The molecule has 1 aliphatic heterocycles. The van der Waals surface area contributed by atoms with Crippen molar-refractivity contribution in [3.05, 3.63) is 90.6 Å². The smallest absolute Gasteiger partial charge is 0.338 e. The fraction of sp³-hybridized carbons (Fsp3) is 0.259. The van der Waals surface area contributed by atoms with Gasteiger partial charge in [0.25, 0.3) is 5.56 Å². The summed E-state index contributed by atoms with van der Waals surface area (Å²) in [6, 6.07) is 13.9. The standard InChI is InChI=1S/C27H27N3O5S/c1-6-34-26(33)23-16(2)28-27-30(24(23)19-9-13-21(14-10-19)35-17(3)31)25(32)22(36-27)15-18-7-11-20(12-8-18)29(4)5/h7-15,24H,6H2,1-5H3/t24-/m0/s1. The molecule has 0 unspecified atom stereocenters. The second kappa shape index (κ2) is 10.3. The van der Waals surface area contributed by atoms with Gasteiger partial charge < -0.3 is 14.4 Å². The van der Waals surface area contributed by atoms with E-state index < -0.39 is 18.0 Å². The molecule has 36 heavy (non-hydrogen) atoms. The van der Waals surface area contributed by atoms with Crippen molar-refractivity contribution in [3.63, 3.8) is 0 Å². The zero-order valence-corrected chi connectivity index (χ0v) is 21.6. The quantitative estimate of drug-likeness (QED) is 0.378. The Bertz CT molecular complexity index is 1510. The van der Waals surface area contributed by atoms with E-state index in [1.54, 1.807) is 38.1 Å². The highest BCUT2D eigenvalue weighted by atomic mass is 32.1. The number of aromatic nitrogens is 1. The number of hydrogen-bond acceptors (Lipinski definition) is 8. The van der Waals surface area contributed by atoms with E-state index >= 15 is 0 Å². The van der Waals surface area contributed by atoms with Crippen molar-refractivity contribution in [1.82, 2.24) is 4.57 Å². The van der Waals surface area contributed by atoms with Crippen LogP contribution in [0, 0.1) is 0 Å². The molecule has 9 heteroatoms. The van der Waals surface area contributed by atoms with Gasteiger partial charge in [-0.2, -0.15) is 0 Å². The zero-order chi connectivity index (χ0) is 26.0. The normalized spacial score (nSPS) is 15.2. The highest BCUT2D eigenvalue weighted by Gasteiger charge is 2.33. The minimum Gasteiger partial charge on any atom is -0.463 e. The molecular weight excluding hydrogens is 478 g/mol. The van der Waals surface area contributed by atoms with Crippen molar-refractivity contribution in [2.75, 3.05) is 25.6 Å². The molecule has 1 atom stereocenters. The summed E-state index contributed by atoms with van der Waals surface area (Å²) in [4.78, 5) is 45.0. The van der Waals surface area contributed by atoms with Crippen LogP contribution in [-0.4, -0.2) is 37.2 Å². The molecule has 0 saturated carbocycles. The lowest BCUT2D eigenvalue weighted by atomic mass is 9.96. The summed E-state index contributed by atoms with van der Waals surface area (Å²) in [6.45, 7) is 4.99. The molecule has 0 fully saturated rings. The van der Waals surface area contributed by atoms with Crippen LogP contribution < -0.4 is 24.5 Å². The maximum absolute atomic E-state index is 13.7. The number of esters is 2. The van der Waals surface area contributed by atoms with Gasteiger partial charge in [-0.3, -0.25) is 14.2 Å². The molecule has 0 N–H and O–H groups in total. The Balaban J connectivity index is 1.86. The molecule has 0 amide bonds. The van der Waals surface area contributed by atoms with E-state index in [4.69, 9.17) is 9.47 Å². The molecule has 1 aromatic heterocycles. The number of carbonyl (C=O) groups is 2. The van der Waals surface area contributed by atoms with Crippen molar-refractivity contribution >= 4 is 35.0 Å². The molecule has 0 spiro atoms. The predicted molar refractivity (Wildman–Crippen MR) is 139 cm³/mol. The van der Waals surface area contributed by atoms with Crippen LogP contribution in [0.3, 0.4) is 0 Å². The molecule has 0 bridgehead atoms. The Labute approximate surface area is 212 Å². The molecule has 3 aromatic rings. The van der Waals surface area contributed by atoms with Crippen LogP contribution in [0.2, 0.25) is 0 Å². The first kappa shape index (κ1) is 25.1. The summed E-state index contributed by atoms with van der Waals surface area (Å²) >= 11 is 1.27. The fourth-order valence-electron chi connectivity index (χ4n) is 4.01. The number of fused-ring (bicyclic) bond motifs is 1. The van der Waals surface area contributed by atoms with Crippen LogP contribution in [0.4, 0.5) is 5.69 Å². The lowest BCUT2D eigenvalue weighted by Gasteiger charge is -2.24. The number of rotatable bonds is 6. The van der Waals surface area contributed by atoms with E-state index in [1.165, 1.54) is 22.8 Å². The molecule has 186 valence electrons.